The molecule has 3 amide bonds. The third-order valence-corrected chi connectivity index (χ3v) is 5.73. The van der Waals surface area contributed by atoms with E-state index in [9.17, 15) is 14.4 Å². The van der Waals surface area contributed by atoms with E-state index in [4.69, 9.17) is 9.47 Å². The fraction of sp³-hybridized carbons (Fsp3) is 0.500. The molecule has 3 heterocycles. The molecule has 9 heteroatoms. The molecule has 9 nitrogen and oxygen atoms in total. The quantitative estimate of drug-likeness (QED) is 0.688. The van der Waals surface area contributed by atoms with Crippen LogP contribution in [0, 0.1) is 0 Å². The van der Waals surface area contributed by atoms with Gasteiger partial charge in [0.05, 0.1) is 43.2 Å². The van der Waals surface area contributed by atoms with Crippen LogP contribution in [0.25, 0.3) is 0 Å². The molecule has 1 fully saturated rings. The van der Waals surface area contributed by atoms with Crippen molar-refractivity contribution in [3.8, 4) is 5.75 Å². The lowest BCUT2D eigenvalue weighted by Crippen LogP contribution is -2.53. The Labute approximate surface area is 181 Å². The van der Waals surface area contributed by atoms with E-state index in [1.54, 1.807) is 6.92 Å². The summed E-state index contributed by atoms with van der Waals surface area (Å²) in [6, 6.07) is 7.12. The molecular formula is C22H28N4O5. The maximum atomic E-state index is 13.1. The molecule has 1 aromatic carbocycles. The number of ether oxygens (including phenoxy) is 2. The minimum absolute atomic E-state index is 0.0202. The van der Waals surface area contributed by atoms with Crippen molar-refractivity contribution in [2.45, 2.75) is 32.3 Å². The number of carbonyl (C=O) groups is 3. The smallest absolute Gasteiger partial charge is 0.337 e. The van der Waals surface area contributed by atoms with Gasteiger partial charge in [-0.15, -0.1) is 0 Å². The second-order valence-electron chi connectivity index (χ2n) is 7.83. The van der Waals surface area contributed by atoms with E-state index in [-0.39, 0.29) is 31.6 Å². The molecule has 3 aliphatic heterocycles. The zero-order valence-corrected chi connectivity index (χ0v) is 17.7. The largest absolute Gasteiger partial charge is 0.477 e. The molecule has 166 valence electrons. The Morgan fingerprint density at radius 2 is 1.97 bits per heavy atom. The summed E-state index contributed by atoms with van der Waals surface area (Å²) in [6.07, 6.45) is 2.52. The summed E-state index contributed by atoms with van der Waals surface area (Å²) in [5, 5.41) is 5.36. The van der Waals surface area contributed by atoms with Crippen LogP contribution in [0.4, 0.5) is 10.5 Å². The highest BCUT2D eigenvalue weighted by Gasteiger charge is 2.35. The first-order valence-electron chi connectivity index (χ1n) is 10.8. The van der Waals surface area contributed by atoms with Gasteiger partial charge in [-0.05, 0) is 38.3 Å². The van der Waals surface area contributed by atoms with E-state index in [0.717, 1.165) is 38.0 Å². The molecule has 0 unspecified atom stereocenters. The van der Waals surface area contributed by atoms with Crippen molar-refractivity contribution >= 4 is 23.6 Å². The average Bonchev–Trinajstić information content (AvgIpc) is 2.79. The van der Waals surface area contributed by atoms with Crippen molar-refractivity contribution in [2.75, 3.05) is 44.2 Å². The highest BCUT2D eigenvalue weighted by atomic mass is 16.5. The summed E-state index contributed by atoms with van der Waals surface area (Å²) >= 11 is 0. The van der Waals surface area contributed by atoms with Gasteiger partial charge in [0.25, 0.3) is 5.91 Å². The average molecular weight is 428 g/mol. The van der Waals surface area contributed by atoms with Crippen LogP contribution in [-0.2, 0) is 14.3 Å². The van der Waals surface area contributed by atoms with Crippen LogP contribution >= 0.6 is 0 Å². The number of fused-ring (bicyclic) bond motifs is 1. The molecule has 3 aliphatic rings. The number of rotatable bonds is 5. The SMILES string of the molecule is CCOC(=O)C1=C(CN2C[C@H](C(=O)N3CCCCC3)Oc3ccccc32)NC(=O)NC1. The fourth-order valence-electron chi connectivity index (χ4n) is 4.17. The van der Waals surface area contributed by atoms with Crippen molar-refractivity contribution in [1.82, 2.24) is 15.5 Å². The molecule has 0 radical (unpaired) electrons. The highest BCUT2D eigenvalue weighted by molar-refractivity contribution is 5.94. The Balaban J connectivity index is 1.60. The van der Waals surface area contributed by atoms with Gasteiger partial charge in [0.2, 0.25) is 0 Å². The zero-order valence-electron chi connectivity index (χ0n) is 17.7. The van der Waals surface area contributed by atoms with Crippen LogP contribution in [0.3, 0.4) is 0 Å². The van der Waals surface area contributed by atoms with Crippen molar-refractivity contribution in [3.05, 3.63) is 35.5 Å². The number of urea groups is 1. The predicted octanol–water partition coefficient (Wildman–Crippen LogP) is 1.40. The van der Waals surface area contributed by atoms with Crippen molar-refractivity contribution < 1.29 is 23.9 Å². The van der Waals surface area contributed by atoms with E-state index >= 15 is 0 Å². The Morgan fingerprint density at radius 3 is 2.74 bits per heavy atom. The summed E-state index contributed by atoms with van der Waals surface area (Å²) in [4.78, 5) is 41.3. The predicted molar refractivity (Wildman–Crippen MR) is 114 cm³/mol. The van der Waals surface area contributed by atoms with Crippen LogP contribution < -0.4 is 20.3 Å². The number of nitrogens with one attached hydrogen (secondary N) is 2. The number of anilines is 1. The summed E-state index contributed by atoms with van der Waals surface area (Å²) in [7, 11) is 0. The molecule has 0 aliphatic carbocycles. The van der Waals surface area contributed by atoms with Crippen LogP contribution in [0.15, 0.2) is 35.5 Å². The Kier molecular flexibility index (Phi) is 6.29. The van der Waals surface area contributed by atoms with E-state index < -0.39 is 12.1 Å². The Morgan fingerprint density at radius 1 is 1.19 bits per heavy atom. The normalized spacial score (nSPS) is 20.9. The number of nitrogens with zero attached hydrogens (tertiary/aromatic N) is 2. The summed E-state index contributed by atoms with van der Waals surface area (Å²) in [5.74, 6) is 0.128. The fourth-order valence-corrected chi connectivity index (χ4v) is 4.17. The molecule has 0 bridgehead atoms. The van der Waals surface area contributed by atoms with Gasteiger partial charge in [0.15, 0.2) is 6.10 Å². The molecule has 4 rings (SSSR count). The molecule has 1 saturated heterocycles. The third-order valence-electron chi connectivity index (χ3n) is 5.73. The molecular weight excluding hydrogens is 400 g/mol. The monoisotopic (exact) mass is 428 g/mol. The standard InChI is InChI=1S/C22H28N4O5/c1-2-30-21(28)15-12-23-22(29)24-16(15)13-26-14-19(20(27)25-10-6-3-7-11-25)31-18-9-5-4-8-17(18)26/h4-5,8-9,19H,2-3,6-7,10-14H2,1H3,(H2,23,24,29)/t19-/m1/s1. The molecule has 2 N–H and O–H groups in total. The van der Waals surface area contributed by atoms with E-state index in [2.05, 4.69) is 10.6 Å². The van der Waals surface area contributed by atoms with Crippen molar-refractivity contribution in [1.29, 1.82) is 0 Å². The minimum Gasteiger partial charge on any atom is -0.477 e. The van der Waals surface area contributed by atoms with Crippen molar-refractivity contribution in [3.63, 3.8) is 0 Å². The Hall–Kier alpha value is -3.23. The van der Waals surface area contributed by atoms with Gasteiger partial charge >= 0.3 is 12.0 Å². The number of benzene rings is 1. The van der Waals surface area contributed by atoms with Gasteiger partial charge in [-0.25, -0.2) is 9.59 Å². The van der Waals surface area contributed by atoms with Crippen LogP contribution in [0.5, 0.6) is 5.75 Å². The Bertz CT molecular complexity index is 894. The molecule has 0 spiro atoms. The third kappa shape index (κ3) is 4.60. The lowest BCUT2D eigenvalue weighted by Gasteiger charge is -2.39. The van der Waals surface area contributed by atoms with Gasteiger partial charge in [-0.1, -0.05) is 12.1 Å². The maximum absolute atomic E-state index is 13.1. The molecule has 0 saturated carbocycles. The summed E-state index contributed by atoms with van der Waals surface area (Å²) < 4.78 is 11.2. The minimum atomic E-state index is -0.642. The van der Waals surface area contributed by atoms with Gasteiger partial charge in [-0.3, -0.25) is 4.79 Å². The van der Waals surface area contributed by atoms with Gasteiger partial charge in [-0.2, -0.15) is 0 Å². The number of hydrogen-bond acceptors (Lipinski definition) is 6. The van der Waals surface area contributed by atoms with E-state index in [1.165, 1.54) is 0 Å². The van der Waals surface area contributed by atoms with Crippen LogP contribution in [0.2, 0.25) is 0 Å². The first-order chi connectivity index (χ1) is 15.1. The first-order valence-corrected chi connectivity index (χ1v) is 10.8. The number of hydrogen-bond donors (Lipinski definition) is 2. The topological polar surface area (TPSA) is 100 Å². The van der Waals surface area contributed by atoms with E-state index in [1.807, 2.05) is 34.1 Å². The first kappa shape index (κ1) is 21.0. The van der Waals surface area contributed by atoms with Crippen molar-refractivity contribution in [2.24, 2.45) is 0 Å². The maximum Gasteiger partial charge on any atom is 0.337 e. The van der Waals surface area contributed by atoms with Gasteiger partial charge < -0.3 is 29.9 Å². The van der Waals surface area contributed by atoms with Gasteiger partial charge in [0.1, 0.15) is 5.75 Å². The van der Waals surface area contributed by atoms with Crippen LogP contribution in [0.1, 0.15) is 26.2 Å². The molecule has 0 aromatic heterocycles. The van der Waals surface area contributed by atoms with Crippen LogP contribution in [-0.4, -0.2) is 68.2 Å². The summed E-state index contributed by atoms with van der Waals surface area (Å²) in [5.41, 5.74) is 1.67. The van der Waals surface area contributed by atoms with E-state index in [0.29, 0.717) is 23.6 Å². The number of piperidine rings is 1. The lowest BCUT2D eigenvalue weighted by molar-refractivity contribution is -0.140. The summed E-state index contributed by atoms with van der Waals surface area (Å²) in [6.45, 7) is 4.17. The number of likely N-dealkylation sites (tertiary alicyclic amines) is 1. The number of amides is 3. The molecule has 1 aromatic rings. The number of carbonyl (C=O) groups excluding carboxylic acids is 3. The zero-order chi connectivity index (χ0) is 21.8. The second kappa shape index (κ2) is 9.28. The molecule has 1 atom stereocenters. The molecule has 31 heavy (non-hydrogen) atoms. The number of para-hydroxylation sites is 2. The highest BCUT2D eigenvalue weighted by Crippen LogP contribution is 2.34. The lowest BCUT2D eigenvalue weighted by atomic mass is 10.1. The second-order valence-corrected chi connectivity index (χ2v) is 7.83. The van der Waals surface area contributed by atoms with Gasteiger partial charge in [0, 0.05) is 13.1 Å². The number of esters is 1.